The van der Waals surface area contributed by atoms with Gasteiger partial charge in [-0.1, -0.05) is 18.2 Å². The first-order valence-electron chi connectivity index (χ1n) is 9.93. The quantitative estimate of drug-likeness (QED) is 0.561. The van der Waals surface area contributed by atoms with Gasteiger partial charge in [-0.25, -0.2) is 0 Å². The first-order valence-corrected chi connectivity index (χ1v) is 9.93. The van der Waals surface area contributed by atoms with Crippen molar-refractivity contribution in [2.24, 2.45) is 5.73 Å². The van der Waals surface area contributed by atoms with Gasteiger partial charge in [-0.15, -0.1) is 12.4 Å². The summed E-state index contributed by atoms with van der Waals surface area (Å²) in [6.07, 6.45) is 4.98. The van der Waals surface area contributed by atoms with Gasteiger partial charge in [0.25, 0.3) is 0 Å². The Morgan fingerprint density at radius 1 is 1.20 bits per heavy atom. The minimum absolute atomic E-state index is 0. The van der Waals surface area contributed by atoms with Gasteiger partial charge in [-0.05, 0) is 60.6 Å². The van der Waals surface area contributed by atoms with E-state index >= 15 is 0 Å². The number of aromatic amines is 1. The number of nitrogens with two attached hydrogens (primary N) is 1. The summed E-state index contributed by atoms with van der Waals surface area (Å²) in [6.45, 7) is 0. The van der Waals surface area contributed by atoms with Crippen LogP contribution >= 0.6 is 12.4 Å². The Balaban J connectivity index is 0.00000256. The molecule has 0 saturated carbocycles. The van der Waals surface area contributed by atoms with Crippen LogP contribution in [-0.2, 0) is 24.1 Å². The van der Waals surface area contributed by atoms with Crippen LogP contribution in [0.15, 0.2) is 42.6 Å². The molecule has 30 heavy (non-hydrogen) atoms. The number of benzene rings is 2. The van der Waals surface area contributed by atoms with E-state index in [9.17, 15) is 4.79 Å². The number of halogens is 1. The lowest BCUT2D eigenvalue weighted by atomic mass is 9.87. The molecule has 1 amide bonds. The number of methoxy groups -OCH3 is 2. The number of carbonyl (C=O) groups is 1. The molecule has 7 heteroatoms. The minimum atomic E-state index is -0.582. The molecule has 2 aromatic carbocycles. The van der Waals surface area contributed by atoms with Crippen molar-refractivity contribution >= 4 is 29.2 Å². The lowest BCUT2D eigenvalue weighted by Gasteiger charge is -2.27. The normalized spacial score (nSPS) is 16.3. The van der Waals surface area contributed by atoms with Crippen LogP contribution in [0.3, 0.4) is 0 Å². The molecular formula is C23H28ClN3O3. The number of amides is 1. The van der Waals surface area contributed by atoms with Gasteiger partial charge in [-0.3, -0.25) is 4.79 Å². The van der Waals surface area contributed by atoms with Crippen LogP contribution in [0.4, 0.5) is 0 Å². The molecule has 0 fully saturated rings. The van der Waals surface area contributed by atoms with E-state index < -0.39 is 6.04 Å². The fourth-order valence-electron chi connectivity index (χ4n) is 4.14. The van der Waals surface area contributed by atoms with Crippen molar-refractivity contribution in [3.63, 3.8) is 0 Å². The van der Waals surface area contributed by atoms with Crippen molar-refractivity contribution in [2.75, 3.05) is 14.2 Å². The van der Waals surface area contributed by atoms with Gasteiger partial charge >= 0.3 is 0 Å². The zero-order valence-corrected chi connectivity index (χ0v) is 18.1. The summed E-state index contributed by atoms with van der Waals surface area (Å²) in [5, 5.41) is 4.25. The summed E-state index contributed by atoms with van der Waals surface area (Å²) >= 11 is 0. The maximum atomic E-state index is 12.7. The van der Waals surface area contributed by atoms with Crippen molar-refractivity contribution in [2.45, 2.75) is 37.8 Å². The molecule has 3 aromatic rings. The molecule has 4 N–H and O–H groups in total. The number of carbonyl (C=O) groups excluding carboxylic acids is 1. The molecule has 0 aliphatic heterocycles. The molecule has 2 atom stereocenters. The number of hydrogen-bond acceptors (Lipinski definition) is 4. The predicted molar refractivity (Wildman–Crippen MR) is 121 cm³/mol. The molecule has 1 aliphatic rings. The van der Waals surface area contributed by atoms with E-state index in [2.05, 4.69) is 10.3 Å². The monoisotopic (exact) mass is 429 g/mol. The molecule has 4 rings (SSSR count). The number of fused-ring (bicyclic) bond motifs is 2. The summed E-state index contributed by atoms with van der Waals surface area (Å²) in [5.41, 5.74) is 10.8. The van der Waals surface area contributed by atoms with Crippen LogP contribution in [0, 0.1) is 0 Å². The summed E-state index contributed by atoms with van der Waals surface area (Å²) < 4.78 is 10.8. The van der Waals surface area contributed by atoms with Gasteiger partial charge in [0, 0.05) is 23.1 Å². The van der Waals surface area contributed by atoms with E-state index in [1.807, 2.05) is 42.6 Å². The van der Waals surface area contributed by atoms with Crippen molar-refractivity contribution in [1.82, 2.24) is 10.3 Å². The van der Waals surface area contributed by atoms with Gasteiger partial charge in [0.05, 0.1) is 20.3 Å². The lowest BCUT2D eigenvalue weighted by Crippen LogP contribution is -2.48. The number of rotatable bonds is 6. The van der Waals surface area contributed by atoms with Gasteiger partial charge in [-0.2, -0.15) is 0 Å². The highest BCUT2D eigenvalue weighted by molar-refractivity contribution is 5.86. The van der Waals surface area contributed by atoms with Gasteiger partial charge in [0.1, 0.15) is 0 Å². The zero-order valence-electron chi connectivity index (χ0n) is 17.2. The van der Waals surface area contributed by atoms with E-state index in [1.165, 1.54) is 11.1 Å². The Morgan fingerprint density at radius 2 is 1.90 bits per heavy atom. The van der Waals surface area contributed by atoms with E-state index in [0.717, 1.165) is 41.5 Å². The van der Waals surface area contributed by atoms with Crippen molar-refractivity contribution in [3.8, 4) is 11.5 Å². The highest BCUT2D eigenvalue weighted by Gasteiger charge is 2.25. The van der Waals surface area contributed by atoms with Crippen molar-refractivity contribution in [3.05, 3.63) is 59.3 Å². The second-order valence-corrected chi connectivity index (χ2v) is 7.59. The number of para-hydroxylation sites is 1. The maximum Gasteiger partial charge on any atom is 0.237 e. The topological polar surface area (TPSA) is 89.4 Å². The van der Waals surface area contributed by atoms with Crippen LogP contribution in [0.25, 0.3) is 10.9 Å². The Bertz CT molecular complexity index is 1030. The molecule has 160 valence electrons. The van der Waals surface area contributed by atoms with Gasteiger partial charge < -0.3 is 25.5 Å². The zero-order chi connectivity index (χ0) is 20.4. The third-order valence-electron chi connectivity index (χ3n) is 5.73. The third kappa shape index (κ3) is 4.40. The molecule has 0 spiro atoms. The lowest BCUT2D eigenvalue weighted by molar-refractivity contribution is -0.123. The minimum Gasteiger partial charge on any atom is -0.493 e. The largest absolute Gasteiger partial charge is 0.493 e. The van der Waals surface area contributed by atoms with E-state index in [-0.39, 0.29) is 24.4 Å². The predicted octanol–water partition coefficient (Wildman–Crippen LogP) is 3.15. The second-order valence-electron chi connectivity index (χ2n) is 7.59. The molecule has 1 unspecified atom stereocenters. The summed E-state index contributed by atoms with van der Waals surface area (Å²) in [5.74, 6) is 1.35. The molecule has 0 radical (unpaired) electrons. The first-order chi connectivity index (χ1) is 14.1. The fraction of sp³-hybridized carbons (Fsp3) is 0.348. The van der Waals surface area contributed by atoms with Crippen molar-refractivity contribution < 1.29 is 14.3 Å². The number of ether oxygens (including phenoxy) is 2. The summed E-state index contributed by atoms with van der Waals surface area (Å²) in [4.78, 5) is 16.0. The number of aromatic nitrogens is 1. The molecule has 0 bridgehead atoms. The third-order valence-corrected chi connectivity index (χ3v) is 5.73. The number of aryl methyl sites for hydroxylation is 1. The van der Waals surface area contributed by atoms with E-state index in [1.54, 1.807) is 14.2 Å². The average Bonchev–Trinajstić information content (AvgIpc) is 3.15. The number of H-pyrrole nitrogens is 1. The highest BCUT2D eigenvalue weighted by atomic mass is 35.5. The van der Waals surface area contributed by atoms with Crippen LogP contribution in [-0.4, -0.2) is 37.2 Å². The van der Waals surface area contributed by atoms with E-state index in [0.29, 0.717) is 12.2 Å². The second kappa shape index (κ2) is 9.41. The SMILES string of the molecule is COc1cc2c(cc1OC)CC(NC(=O)[C@@H](N)Cc1c[nH]c3ccccc13)CC2.Cl. The van der Waals surface area contributed by atoms with Crippen molar-refractivity contribution in [1.29, 1.82) is 0 Å². The first kappa shape index (κ1) is 22.0. The highest BCUT2D eigenvalue weighted by Crippen LogP contribution is 2.34. The summed E-state index contributed by atoms with van der Waals surface area (Å²) in [7, 11) is 3.28. The Hall–Kier alpha value is -2.70. The molecule has 6 nitrogen and oxygen atoms in total. The number of nitrogens with one attached hydrogen (secondary N) is 2. The Labute approximate surface area is 182 Å². The number of hydrogen-bond donors (Lipinski definition) is 3. The van der Waals surface area contributed by atoms with Gasteiger partial charge in [0.15, 0.2) is 11.5 Å². The fourth-order valence-corrected chi connectivity index (χ4v) is 4.14. The average molecular weight is 430 g/mol. The van der Waals surface area contributed by atoms with Crippen LogP contribution in [0.2, 0.25) is 0 Å². The Kier molecular flexibility index (Phi) is 6.90. The Morgan fingerprint density at radius 3 is 2.63 bits per heavy atom. The smallest absolute Gasteiger partial charge is 0.237 e. The summed E-state index contributed by atoms with van der Waals surface area (Å²) in [6, 6.07) is 11.6. The van der Waals surface area contributed by atoms with Gasteiger partial charge in [0.2, 0.25) is 5.91 Å². The van der Waals surface area contributed by atoms with Crippen LogP contribution < -0.4 is 20.5 Å². The molecular weight excluding hydrogens is 402 g/mol. The molecule has 1 heterocycles. The molecule has 0 saturated heterocycles. The maximum absolute atomic E-state index is 12.7. The molecule has 1 aromatic heterocycles. The van der Waals surface area contributed by atoms with Crippen LogP contribution in [0.5, 0.6) is 11.5 Å². The van der Waals surface area contributed by atoms with Crippen LogP contribution in [0.1, 0.15) is 23.1 Å². The van der Waals surface area contributed by atoms with E-state index in [4.69, 9.17) is 15.2 Å². The molecule has 1 aliphatic carbocycles. The standard InChI is InChI=1S/C23H27N3O3.ClH/c1-28-21-11-14-7-8-17(9-15(14)12-22(21)29-2)26-23(27)19(24)10-16-13-25-20-6-4-3-5-18(16)20;/h3-6,11-13,17,19,25H,7-10,24H2,1-2H3,(H,26,27);1H/t17?,19-;/m0./s1.